The fourth-order valence-electron chi connectivity index (χ4n) is 1.22. The highest BCUT2D eigenvalue weighted by Crippen LogP contribution is 2.26. The SMILES string of the molecule is ClCC1COC(c2ccncc2)O1. The van der Waals surface area contributed by atoms with Gasteiger partial charge in [-0.05, 0) is 12.1 Å². The second kappa shape index (κ2) is 4.05. The van der Waals surface area contributed by atoms with Gasteiger partial charge in [0.15, 0.2) is 6.29 Å². The molecule has 0 spiro atoms. The number of hydrogen-bond acceptors (Lipinski definition) is 3. The minimum absolute atomic E-state index is 0.0137. The molecule has 1 aromatic heterocycles. The summed E-state index contributed by atoms with van der Waals surface area (Å²) in [7, 11) is 0. The van der Waals surface area contributed by atoms with Crippen LogP contribution in [-0.2, 0) is 9.47 Å². The third-order valence-electron chi connectivity index (χ3n) is 1.90. The van der Waals surface area contributed by atoms with Gasteiger partial charge in [-0.3, -0.25) is 4.98 Å². The van der Waals surface area contributed by atoms with Crippen molar-refractivity contribution in [1.29, 1.82) is 0 Å². The van der Waals surface area contributed by atoms with Gasteiger partial charge in [-0.15, -0.1) is 11.6 Å². The molecule has 0 N–H and O–H groups in total. The van der Waals surface area contributed by atoms with Crippen molar-refractivity contribution in [2.24, 2.45) is 0 Å². The summed E-state index contributed by atoms with van der Waals surface area (Å²) in [6.07, 6.45) is 3.18. The predicted molar refractivity (Wildman–Crippen MR) is 48.5 cm³/mol. The largest absolute Gasteiger partial charge is 0.346 e. The molecule has 1 aliphatic heterocycles. The molecule has 2 atom stereocenters. The van der Waals surface area contributed by atoms with Crippen LogP contribution in [0.5, 0.6) is 0 Å². The Morgan fingerprint density at radius 3 is 2.85 bits per heavy atom. The number of alkyl halides is 1. The Morgan fingerprint density at radius 1 is 1.46 bits per heavy atom. The van der Waals surface area contributed by atoms with E-state index >= 15 is 0 Å². The highest BCUT2D eigenvalue weighted by atomic mass is 35.5. The molecule has 0 aromatic carbocycles. The standard InChI is InChI=1S/C9H10ClNO2/c10-5-8-6-12-9(13-8)7-1-3-11-4-2-7/h1-4,8-9H,5-6H2. The van der Waals surface area contributed by atoms with Crippen LogP contribution in [-0.4, -0.2) is 23.6 Å². The Balaban J connectivity index is 2.04. The summed E-state index contributed by atoms with van der Waals surface area (Å²) >= 11 is 5.64. The van der Waals surface area contributed by atoms with E-state index in [1.165, 1.54) is 0 Å². The first kappa shape index (κ1) is 8.94. The number of halogens is 1. The summed E-state index contributed by atoms with van der Waals surface area (Å²) in [6, 6.07) is 3.75. The Kier molecular flexibility index (Phi) is 2.78. The molecule has 2 rings (SSSR count). The zero-order valence-electron chi connectivity index (χ0n) is 7.02. The van der Waals surface area contributed by atoms with Gasteiger partial charge in [0.2, 0.25) is 0 Å². The van der Waals surface area contributed by atoms with Crippen molar-refractivity contribution >= 4 is 11.6 Å². The summed E-state index contributed by atoms with van der Waals surface area (Å²) in [5, 5.41) is 0. The molecule has 4 heteroatoms. The van der Waals surface area contributed by atoms with Crippen LogP contribution < -0.4 is 0 Å². The van der Waals surface area contributed by atoms with Crippen molar-refractivity contribution in [3.63, 3.8) is 0 Å². The summed E-state index contributed by atoms with van der Waals surface area (Å²) in [6.45, 7) is 0.566. The average Bonchev–Trinajstić information content (AvgIpc) is 2.67. The first-order chi connectivity index (χ1) is 6.40. The van der Waals surface area contributed by atoms with E-state index in [-0.39, 0.29) is 12.4 Å². The van der Waals surface area contributed by atoms with Gasteiger partial charge in [-0.1, -0.05) is 0 Å². The lowest BCUT2D eigenvalue weighted by molar-refractivity contribution is -0.0567. The Labute approximate surface area is 81.6 Å². The van der Waals surface area contributed by atoms with Crippen molar-refractivity contribution in [2.45, 2.75) is 12.4 Å². The summed E-state index contributed by atoms with van der Waals surface area (Å²) in [5.74, 6) is 0.474. The molecular formula is C9H10ClNO2. The van der Waals surface area contributed by atoms with E-state index in [9.17, 15) is 0 Å². The quantitative estimate of drug-likeness (QED) is 0.680. The number of nitrogens with zero attached hydrogens (tertiary/aromatic N) is 1. The molecule has 3 nitrogen and oxygen atoms in total. The van der Waals surface area contributed by atoms with Crippen LogP contribution in [0.15, 0.2) is 24.5 Å². The van der Waals surface area contributed by atoms with Gasteiger partial charge in [0.1, 0.15) is 0 Å². The van der Waals surface area contributed by atoms with E-state index in [2.05, 4.69) is 4.98 Å². The van der Waals surface area contributed by atoms with Gasteiger partial charge in [-0.2, -0.15) is 0 Å². The molecule has 2 unspecified atom stereocenters. The van der Waals surface area contributed by atoms with Gasteiger partial charge in [0, 0.05) is 18.0 Å². The average molecular weight is 200 g/mol. The molecule has 1 fully saturated rings. The molecule has 1 aliphatic rings. The number of rotatable bonds is 2. The van der Waals surface area contributed by atoms with E-state index < -0.39 is 0 Å². The number of pyridine rings is 1. The van der Waals surface area contributed by atoms with Gasteiger partial charge >= 0.3 is 0 Å². The van der Waals surface area contributed by atoms with E-state index in [1.807, 2.05) is 12.1 Å². The van der Waals surface area contributed by atoms with Crippen molar-refractivity contribution in [3.05, 3.63) is 30.1 Å². The van der Waals surface area contributed by atoms with E-state index in [1.54, 1.807) is 12.4 Å². The van der Waals surface area contributed by atoms with Gasteiger partial charge in [0.25, 0.3) is 0 Å². The van der Waals surface area contributed by atoms with Crippen LogP contribution >= 0.6 is 11.6 Å². The van der Waals surface area contributed by atoms with E-state index in [0.29, 0.717) is 12.5 Å². The first-order valence-corrected chi connectivity index (χ1v) is 4.66. The van der Waals surface area contributed by atoms with Gasteiger partial charge < -0.3 is 9.47 Å². The fourth-order valence-corrected chi connectivity index (χ4v) is 1.39. The van der Waals surface area contributed by atoms with Gasteiger partial charge in [0.05, 0.1) is 18.6 Å². The fraction of sp³-hybridized carbons (Fsp3) is 0.444. The first-order valence-electron chi connectivity index (χ1n) is 4.13. The maximum Gasteiger partial charge on any atom is 0.184 e. The molecule has 13 heavy (non-hydrogen) atoms. The normalized spacial score (nSPS) is 27.8. The number of ether oxygens (including phenoxy) is 2. The minimum atomic E-state index is -0.272. The second-order valence-electron chi connectivity index (χ2n) is 2.86. The molecule has 2 heterocycles. The summed E-state index contributed by atoms with van der Waals surface area (Å²) in [5.41, 5.74) is 0.989. The molecular weight excluding hydrogens is 190 g/mol. The lowest BCUT2D eigenvalue weighted by atomic mass is 10.3. The smallest absolute Gasteiger partial charge is 0.184 e. The Bertz CT molecular complexity index is 268. The topological polar surface area (TPSA) is 31.4 Å². The van der Waals surface area contributed by atoms with Crippen LogP contribution in [0.25, 0.3) is 0 Å². The molecule has 0 amide bonds. The molecule has 70 valence electrons. The van der Waals surface area contributed by atoms with E-state index in [4.69, 9.17) is 21.1 Å². The molecule has 0 saturated carbocycles. The number of hydrogen-bond donors (Lipinski definition) is 0. The molecule has 1 saturated heterocycles. The van der Waals surface area contributed by atoms with Crippen LogP contribution in [0.4, 0.5) is 0 Å². The third-order valence-corrected chi connectivity index (χ3v) is 2.24. The van der Waals surface area contributed by atoms with Gasteiger partial charge in [-0.25, -0.2) is 0 Å². The highest BCUT2D eigenvalue weighted by Gasteiger charge is 2.26. The minimum Gasteiger partial charge on any atom is -0.346 e. The maximum atomic E-state index is 5.64. The zero-order valence-corrected chi connectivity index (χ0v) is 7.78. The zero-order chi connectivity index (χ0) is 9.10. The van der Waals surface area contributed by atoms with Crippen LogP contribution in [0.2, 0.25) is 0 Å². The molecule has 0 bridgehead atoms. The number of aromatic nitrogens is 1. The van der Waals surface area contributed by atoms with Crippen LogP contribution in [0, 0.1) is 0 Å². The second-order valence-corrected chi connectivity index (χ2v) is 3.17. The molecule has 0 aliphatic carbocycles. The summed E-state index contributed by atoms with van der Waals surface area (Å²) < 4.78 is 10.9. The molecule has 0 radical (unpaired) electrons. The highest BCUT2D eigenvalue weighted by molar-refractivity contribution is 6.18. The third kappa shape index (κ3) is 1.99. The van der Waals surface area contributed by atoms with Crippen molar-refractivity contribution in [3.8, 4) is 0 Å². The lowest BCUT2D eigenvalue weighted by Gasteiger charge is -2.09. The maximum absolute atomic E-state index is 5.64. The molecule has 1 aromatic rings. The van der Waals surface area contributed by atoms with Crippen molar-refractivity contribution < 1.29 is 9.47 Å². The van der Waals surface area contributed by atoms with E-state index in [0.717, 1.165) is 5.56 Å². The summed E-state index contributed by atoms with van der Waals surface area (Å²) in [4.78, 5) is 3.92. The lowest BCUT2D eigenvalue weighted by Crippen LogP contribution is -2.10. The van der Waals surface area contributed by atoms with Crippen LogP contribution in [0.3, 0.4) is 0 Å². The predicted octanol–water partition coefficient (Wildman–Crippen LogP) is 1.73. The Hall–Kier alpha value is -0.640. The monoisotopic (exact) mass is 199 g/mol. The van der Waals surface area contributed by atoms with Crippen LogP contribution in [0.1, 0.15) is 11.9 Å². The Morgan fingerprint density at radius 2 is 2.23 bits per heavy atom. The van der Waals surface area contributed by atoms with Crippen molar-refractivity contribution in [2.75, 3.05) is 12.5 Å². The van der Waals surface area contributed by atoms with Crippen molar-refractivity contribution in [1.82, 2.24) is 4.98 Å².